The van der Waals surface area contributed by atoms with Crippen LogP contribution in [0.4, 0.5) is 23.0 Å². The number of anilines is 4. The lowest BCUT2D eigenvalue weighted by atomic mass is 10.3. The summed E-state index contributed by atoms with van der Waals surface area (Å²) in [7, 11) is 0. The van der Waals surface area contributed by atoms with Gasteiger partial charge in [0.1, 0.15) is 18.0 Å². The standard InChI is InChI=1S/C16H12Cl2N4/c17-11-4-6-13(7-5-11)21-15-9-16(20-10-19-15)22-14-3-1-2-12(18)8-14/h1-10H,(H2,19,20,21,22). The van der Waals surface area contributed by atoms with Crippen LogP contribution in [0.15, 0.2) is 60.9 Å². The average molecular weight is 331 g/mol. The molecule has 22 heavy (non-hydrogen) atoms. The third-order valence-electron chi connectivity index (χ3n) is 2.88. The van der Waals surface area contributed by atoms with Crippen LogP contribution in [-0.2, 0) is 0 Å². The fraction of sp³-hybridized carbons (Fsp3) is 0. The molecular formula is C16H12Cl2N4. The van der Waals surface area contributed by atoms with Gasteiger partial charge in [-0.2, -0.15) is 0 Å². The molecular weight excluding hydrogens is 319 g/mol. The van der Waals surface area contributed by atoms with Gasteiger partial charge in [0.05, 0.1) is 0 Å². The van der Waals surface area contributed by atoms with Crippen molar-refractivity contribution in [3.8, 4) is 0 Å². The Bertz CT molecular complexity index is 775. The molecule has 0 amide bonds. The van der Waals surface area contributed by atoms with Gasteiger partial charge in [-0.1, -0.05) is 29.3 Å². The molecule has 6 heteroatoms. The Morgan fingerprint density at radius 2 is 1.36 bits per heavy atom. The summed E-state index contributed by atoms with van der Waals surface area (Å²) in [4.78, 5) is 8.39. The van der Waals surface area contributed by atoms with Gasteiger partial charge < -0.3 is 10.6 Å². The van der Waals surface area contributed by atoms with Gasteiger partial charge in [0.25, 0.3) is 0 Å². The lowest BCUT2D eigenvalue weighted by Crippen LogP contribution is -1.98. The van der Waals surface area contributed by atoms with Crippen LogP contribution in [0, 0.1) is 0 Å². The second kappa shape index (κ2) is 6.64. The molecule has 110 valence electrons. The van der Waals surface area contributed by atoms with E-state index in [1.54, 1.807) is 0 Å². The first-order valence-electron chi connectivity index (χ1n) is 6.56. The molecule has 0 aliphatic carbocycles. The first kappa shape index (κ1) is 14.6. The summed E-state index contributed by atoms with van der Waals surface area (Å²) < 4.78 is 0. The van der Waals surface area contributed by atoms with E-state index in [0.717, 1.165) is 11.4 Å². The minimum atomic E-state index is 0.665. The van der Waals surface area contributed by atoms with Gasteiger partial charge in [-0.3, -0.25) is 0 Å². The van der Waals surface area contributed by atoms with E-state index in [4.69, 9.17) is 23.2 Å². The van der Waals surface area contributed by atoms with Crippen LogP contribution >= 0.6 is 23.2 Å². The van der Waals surface area contributed by atoms with E-state index in [1.807, 2.05) is 54.6 Å². The lowest BCUT2D eigenvalue weighted by molar-refractivity contribution is 1.17. The Morgan fingerprint density at radius 3 is 2.05 bits per heavy atom. The van der Waals surface area contributed by atoms with Crippen LogP contribution < -0.4 is 10.6 Å². The molecule has 1 aromatic heterocycles. The highest BCUT2D eigenvalue weighted by Crippen LogP contribution is 2.22. The predicted molar refractivity (Wildman–Crippen MR) is 91.5 cm³/mol. The maximum atomic E-state index is 5.97. The Balaban J connectivity index is 1.76. The molecule has 4 nitrogen and oxygen atoms in total. The summed E-state index contributed by atoms with van der Waals surface area (Å²) in [5, 5.41) is 7.73. The molecule has 0 spiro atoms. The van der Waals surface area contributed by atoms with Crippen LogP contribution in [0.3, 0.4) is 0 Å². The third-order valence-corrected chi connectivity index (χ3v) is 3.37. The number of nitrogens with zero attached hydrogens (tertiary/aromatic N) is 2. The normalized spacial score (nSPS) is 10.3. The molecule has 0 unspecified atom stereocenters. The minimum absolute atomic E-state index is 0.665. The van der Waals surface area contributed by atoms with Crippen molar-refractivity contribution in [2.75, 3.05) is 10.6 Å². The zero-order valence-corrected chi connectivity index (χ0v) is 12.9. The van der Waals surface area contributed by atoms with Gasteiger partial charge in [0, 0.05) is 27.5 Å². The third kappa shape index (κ3) is 3.87. The molecule has 0 aliphatic heterocycles. The number of halogens is 2. The summed E-state index contributed by atoms with van der Waals surface area (Å²) in [6.45, 7) is 0. The largest absolute Gasteiger partial charge is 0.340 e. The van der Waals surface area contributed by atoms with Crippen molar-refractivity contribution >= 4 is 46.2 Å². The Hall–Kier alpha value is -2.30. The van der Waals surface area contributed by atoms with Crippen molar-refractivity contribution in [1.82, 2.24) is 9.97 Å². The molecule has 0 saturated heterocycles. The van der Waals surface area contributed by atoms with E-state index in [2.05, 4.69) is 20.6 Å². The zero-order chi connectivity index (χ0) is 15.4. The van der Waals surface area contributed by atoms with Gasteiger partial charge in [-0.15, -0.1) is 0 Å². The fourth-order valence-electron chi connectivity index (χ4n) is 1.89. The lowest BCUT2D eigenvalue weighted by Gasteiger charge is -2.09. The molecule has 3 aromatic rings. The van der Waals surface area contributed by atoms with E-state index in [-0.39, 0.29) is 0 Å². The van der Waals surface area contributed by atoms with Gasteiger partial charge >= 0.3 is 0 Å². The fourth-order valence-corrected chi connectivity index (χ4v) is 2.21. The first-order valence-corrected chi connectivity index (χ1v) is 7.32. The highest BCUT2D eigenvalue weighted by molar-refractivity contribution is 6.31. The topological polar surface area (TPSA) is 49.8 Å². The highest BCUT2D eigenvalue weighted by Gasteiger charge is 2.01. The maximum Gasteiger partial charge on any atom is 0.135 e. The summed E-state index contributed by atoms with van der Waals surface area (Å²) in [6.07, 6.45) is 1.49. The van der Waals surface area contributed by atoms with Crippen LogP contribution in [0.5, 0.6) is 0 Å². The molecule has 0 aliphatic rings. The van der Waals surface area contributed by atoms with Crippen LogP contribution in [0.2, 0.25) is 10.0 Å². The zero-order valence-electron chi connectivity index (χ0n) is 11.4. The molecule has 3 rings (SSSR count). The van der Waals surface area contributed by atoms with Crippen LogP contribution in [0.25, 0.3) is 0 Å². The summed E-state index contributed by atoms with van der Waals surface area (Å²) in [5.74, 6) is 1.36. The number of rotatable bonds is 4. The van der Waals surface area contributed by atoms with Crippen molar-refractivity contribution < 1.29 is 0 Å². The van der Waals surface area contributed by atoms with E-state index < -0.39 is 0 Å². The summed E-state index contributed by atoms with van der Waals surface area (Å²) in [6, 6.07) is 16.7. The van der Waals surface area contributed by atoms with Crippen molar-refractivity contribution in [2.24, 2.45) is 0 Å². The van der Waals surface area contributed by atoms with Crippen molar-refractivity contribution in [1.29, 1.82) is 0 Å². The number of hydrogen-bond donors (Lipinski definition) is 2. The monoisotopic (exact) mass is 330 g/mol. The van der Waals surface area contributed by atoms with Crippen molar-refractivity contribution in [3.05, 3.63) is 71.0 Å². The Kier molecular flexibility index (Phi) is 4.42. The highest BCUT2D eigenvalue weighted by atomic mass is 35.5. The molecule has 0 radical (unpaired) electrons. The van der Waals surface area contributed by atoms with E-state index >= 15 is 0 Å². The average Bonchev–Trinajstić information content (AvgIpc) is 2.50. The molecule has 0 bridgehead atoms. The first-order chi connectivity index (χ1) is 10.7. The van der Waals surface area contributed by atoms with Gasteiger partial charge in [-0.25, -0.2) is 9.97 Å². The molecule has 0 saturated carbocycles. The Morgan fingerprint density at radius 1 is 0.682 bits per heavy atom. The van der Waals surface area contributed by atoms with Crippen molar-refractivity contribution in [3.63, 3.8) is 0 Å². The molecule has 0 fully saturated rings. The molecule has 0 atom stereocenters. The van der Waals surface area contributed by atoms with Crippen LogP contribution in [-0.4, -0.2) is 9.97 Å². The van der Waals surface area contributed by atoms with E-state index in [1.165, 1.54) is 6.33 Å². The number of hydrogen-bond acceptors (Lipinski definition) is 4. The Labute approximate surface area is 138 Å². The molecule has 1 heterocycles. The summed E-state index contributed by atoms with van der Waals surface area (Å²) >= 11 is 11.8. The summed E-state index contributed by atoms with van der Waals surface area (Å²) in [5.41, 5.74) is 1.76. The van der Waals surface area contributed by atoms with Gasteiger partial charge in [-0.05, 0) is 42.5 Å². The predicted octanol–water partition coefficient (Wildman–Crippen LogP) is 5.27. The van der Waals surface area contributed by atoms with Crippen molar-refractivity contribution in [2.45, 2.75) is 0 Å². The number of benzene rings is 2. The number of nitrogens with one attached hydrogen (secondary N) is 2. The second-order valence-electron chi connectivity index (χ2n) is 4.56. The van der Waals surface area contributed by atoms with E-state index in [0.29, 0.717) is 21.7 Å². The SMILES string of the molecule is Clc1ccc(Nc2cc(Nc3cccc(Cl)c3)ncn2)cc1. The second-order valence-corrected chi connectivity index (χ2v) is 5.43. The van der Waals surface area contributed by atoms with E-state index in [9.17, 15) is 0 Å². The van der Waals surface area contributed by atoms with Gasteiger partial charge in [0.2, 0.25) is 0 Å². The number of aromatic nitrogens is 2. The molecule has 2 N–H and O–H groups in total. The maximum absolute atomic E-state index is 5.97. The smallest absolute Gasteiger partial charge is 0.135 e. The quantitative estimate of drug-likeness (QED) is 0.684. The van der Waals surface area contributed by atoms with Crippen LogP contribution in [0.1, 0.15) is 0 Å². The molecule has 2 aromatic carbocycles. The van der Waals surface area contributed by atoms with Gasteiger partial charge in [0.15, 0.2) is 0 Å². The minimum Gasteiger partial charge on any atom is -0.340 e.